The van der Waals surface area contributed by atoms with Gasteiger partial charge in [-0.05, 0) is 93.5 Å². The molecule has 2 atom stereocenters. The van der Waals surface area contributed by atoms with E-state index in [-0.39, 0.29) is 0 Å². The van der Waals surface area contributed by atoms with E-state index in [0.29, 0.717) is 6.42 Å². The molecular weight excluding hydrogens is 809 g/mol. The smallest absolute Gasteiger partial charge is 0.294 e. The maximum absolute atomic E-state index is 8.12. The van der Waals surface area contributed by atoms with Crippen molar-refractivity contribution in [3.05, 3.63) is 121 Å². The monoisotopic (exact) mass is 903 g/mol. The molecule has 0 aliphatic rings. The predicted octanol–water partition coefficient (Wildman–Crippen LogP) is 19.6. The van der Waals surface area contributed by atoms with Gasteiger partial charge in [0.25, 0.3) is 5.79 Å². The average molecular weight is 903 g/mol. The Hall–Kier alpha value is -3.92. The van der Waals surface area contributed by atoms with E-state index >= 15 is 0 Å². The summed E-state index contributed by atoms with van der Waals surface area (Å²) in [7, 11) is 0. The highest BCUT2D eigenvalue weighted by Gasteiger charge is 2.70. The van der Waals surface area contributed by atoms with Gasteiger partial charge in [0, 0.05) is 6.42 Å². The molecule has 4 heteroatoms. The lowest BCUT2D eigenvalue weighted by Gasteiger charge is -2.58. The zero-order valence-electron chi connectivity index (χ0n) is 42.6. The number of rotatable bonds is 41. The van der Waals surface area contributed by atoms with Crippen LogP contribution < -0.4 is 18.9 Å². The summed E-state index contributed by atoms with van der Waals surface area (Å²) >= 11 is 0. The number of hydrogen-bond donors (Lipinski definition) is 0. The van der Waals surface area contributed by atoms with Crippen LogP contribution in [0.1, 0.15) is 227 Å². The lowest BCUT2D eigenvalue weighted by molar-refractivity contribution is -0.294. The van der Waals surface area contributed by atoms with E-state index in [9.17, 15) is 0 Å². The fourth-order valence-electron chi connectivity index (χ4n) is 10.2. The highest BCUT2D eigenvalue weighted by atomic mass is 16.7. The Morgan fingerprint density at radius 2 is 0.515 bits per heavy atom. The highest BCUT2D eigenvalue weighted by molar-refractivity contribution is 5.32. The quantitative estimate of drug-likeness (QED) is 0.0328. The second kappa shape index (κ2) is 33.5. The van der Waals surface area contributed by atoms with Crippen molar-refractivity contribution in [2.45, 2.75) is 244 Å². The fraction of sp³-hybridized carbons (Fsp3) is 0.613. The number of ether oxygens (including phenoxy) is 4. The van der Waals surface area contributed by atoms with Crippen molar-refractivity contribution >= 4 is 0 Å². The topological polar surface area (TPSA) is 36.9 Å². The summed E-state index contributed by atoms with van der Waals surface area (Å²) in [5.74, 6) is 2.02. The van der Waals surface area contributed by atoms with E-state index in [4.69, 9.17) is 18.9 Å². The molecule has 4 aromatic carbocycles. The standard InChI is InChI=1S/C62H94O4/c1-5-9-13-17-20-22-23-25-41-53-60(52-40-16-12-8-4,63-56-44-32-28-33-45-56)61(54-42-26-19-15-11-7-3,64-57-46-34-29-35-47-57)62(65-58-48-36-30-37-49-58,66-59-50-38-31-39-51-59)55-43-27-24-21-18-14-10-6-2/h28-39,44-51H,5-27,40-43,52-55H2,1-4H3. The lowest BCUT2D eigenvalue weighted by atomic mass is 9.66. The minimum Gasteiger partial charge on any atom is -0.483 e. The molecule has 0 spiro atoms. The SMILES string of the molecule is CCCCCCCCCCCC(CCCCCC)(Oc1ccccc1)C(CCCCCCCC)(Oc1ccccc1)C(CCCCCCCCCC)(Oc1ccccc1)Oc1ccccc1. The molecule has 66 heavy (non-hydrogen) atoms. The van der Waals surface area contributed by atoms with Crippen LogP contribution in [0, 0.1) is 0 Å². The summed E-state index contributed by atoms with van der Waals surface area (Å²) in [6, 6.07) is 42.2. The van der Waals surface area contributed by atoms with Gasteiger partial charge < -0.3 is 18.9 Å². The molecule has 0 N–H and O–H groups in total. The Bertz CT molecular complexity index is 1660. The molecule has 0 aliphatic carbocycles. The van der Waals surface area contributed by atoms with Crippen LogP contribution in [0.3, 0.4) is 0 Å². The van der Waals surface area contributed by atoms with Crippen molar-refractivity contribution in [2.75, 3.05) is 0 Å². The molecule has 0 bridgehead atoms. The van der Waals surface area contributed by atoms with Gasteiger partial charge >= 0.3 is 0 Å². The molecule has 366 valence electrons. The third-order valence-corrected chi connectivity index (χ3v) is 13.9. The molecule has 0 aromatic heterocycles. The van der Waals surface area contributed by atoms with Crippen LogP contribution in [0.2, 0.25) is 0 Å². The number of hydrogen-bond acceptors (Lipinski definition) is 4. The van der Waals surface area contributed by atoms with Crippen LogP contribution in [0.25, 0.3) is 0 Å². The van der Waals surface area contributed by atoms with Gasteiger partial charge in [0.15, 0.2) is 5.60 Å². The van der Waals surface area contributed by atoms with Gasteiger partial charge in [-0.25, -0.2) is 0 Å². The fourth-order valence-corrected chi connectivity index (χ4v) is 10.2. The molecule has 0 amide bonds. The molecule has 2 unspecified atom stereocenters. The van der Waals surface area contributed by atoms with Gasteiger partial charge in [-0.2, -0.15) is 0 Å². The number of benzene rings is 4. The molecule has 0 aliphatic heterocycles. The third kappa shape index (κ3) is 19.0. The van der Waals surface area contributed by atoms with Gasteiger partial charge in [-0.3, -0.25) is 0 Å². The lowest BCUT2D eigenvalue weighted by Crippen LogP contribution is -2.76. The summed E-state index contributed by atoms with van der Waals surface area (Å²) in [4.78, 5) is 0. The summed E-state index contributed by atoms with van der Waals surface area (Å²) in [6.07, 6.45) is 35.6. The Morgan fingerprint density at radius 1 is 0.258 bits per heavy atom. The molecule has 0 saturated carbocycles. The van der Waals surface area contributed by atoms with Crippen molar-refractivity contribution in [3.8, 4) is 23.0 Å². The van der Waals surface area contributed by atoms with E-state index in [1.54, 1.807) is 0 Å². The first-order valence-electron chi connectivity index (χ1n) is 27.5. The minimum atomic E-state index is -1.28. The second-order valence-electron chi connectivity index (χ2n) is 19.4. The van der Waals surface area contributed by atoms with Gasteiger partial charge in [0.1, 0.15) is 23.0 Å². The Morgan fingerprint density at radius 3 is 0.864 bits per heavy atom. The van der Waals surface area contributed by atoms with Gasteiger partial charge in [-0.15, -0.1) is 0 Å². The molecule has 0 heterocycles. The van der Waals surface area contributed by atoms with Crippen molar-refractivity contribution in [1.82, 2.24) is 0 Å². The molecule has 0 fully saturated rings. The first kappa shape index (κ1) is 54.7. The summed E-state index contributed by atoms with van der Waals surface area (Å²) in [6.45, 7) is 9.23. The maximum atomic E-state index is 8.12. The second-order valence-corrected chi connectivity index (χ2v) is 19.4. The minimum absolute atomic E-state index is 0.654. The Labute approximate surface area is 405 Å². The normalized spacial score (nSPS) is 13.5. The molecule has 0 radical (unpaired) electrons. The first-order valence-corrected chi connectivity index (χ1v) is 27.5. The van der Waals surface area contributed by atoms with Crippen molar-refractivity contribution < 1.29 is 18.9 Å². The molecule has 0 saturated heterocycles. The van der Waals surface area contributed by atoms with E-state index in [2.05, 4.69) is 149 Å². The van der Waals surface area contributed by atoms with Crippen LogP contribution >= 0.6 is 0 Å². The zero-order chi connectivity index (χ0) is 46.7. The molecule has 4 rings (SSSR count). The van der Waals surface area contributed by atoms with Crippen LogP contribution in [0.15, 0.2) is 121 Å². The summed E-state index contributed by atoms with van der Waals surface area (Å²) < 4.78 is 31.8. The average Bonchev–Trinajstić information content (AvgIpc) is 3.35. The number of para-hydroxylation sites is 4. The predicted molar refractivity (Wildman–Crippen MR) is 282 cm³/mol. The summed E-state index contributed by atoms with van der Waals surface area (Å²) in [5.41, 5.74) is -1.92. The first-order chi connectivity index (χ1) is 32.6. The molecular formula is C62H94O4. The van der Waals surface area contributed by atoms with E-state index in [1.165, 1.54) is 122 Å². The van der Waals surface area contributed by atoms with Crippen LogP contribution in [-0.2, 0) is 0 Å². The van der Waals surface area contributed by atoms with E-state index < -0.39 is 17.0 Å². The van der Waals surface area contributed by atoms with Crippen molar-refractivity contribution in [3.63, 3.8) is 0 Å². The van der Waals surface area contributed by atoms with E-state index in [0.717, 1.165) is 93.6 Å². The summed E-state index contributed by atoms with van der Waals surface area (Å²) in [5, 5.41) is 0. The van der Waals surface area contributed by atoms with Crippen LogP contribution in [0.5, 0.6) is 23.0 Å². The van der Waals surface area contributed by atoms with Gasteiger partial charge in [0.2, 0.25) is 5.60 Å². The third-order valence-electron chi connectivity index (χ3n) is 13.9. The molecule has 4 aromatic rings. The molecule has 4 nitrogen and oxygen atoms in total. The Balaban J connectivity index is 2.02. The highest BCUT2D eigenvalue weighted by Crippen LogP contribution is 2.53. The zero-order valence-corrected chi connectivity index (χ0v) is 42.6. The Kier molecular flexibility index (Phi) is 27.8. The van der Waals surface area contributed by atoms with Crippen molar-refractivity contribution in [1.29, 1.82) is 0 Å². The van der Waals surface area contributed by atoms with E-state index in [1.807, 2.05) is 0 Å². The maximum Gasteiger partial charge on any atom is 0.294 e. The number of unbranched alkanes of at least 4 members (excludes halogenated alkanes) is 23. The van der Waals surface area contributed by atoms with Crippen LogP contribution in [-0.4, -0.2) is 17.0 Å². The van der Waals surface area contributed by atoms with Gasteiger partial charge in [-0.1, -0.05) is 248 Å². The van der Waals surface area contributed by atoms with Crippen molar-refractivity contribution in [2.24, 2.45) is 0 Å². The van der Waals surface area contributed by atoms with Crippen LogP contribution in [0.4, 0.5) is 0 Å². The largest absolute Gasteiger partial charge is 0.483 e. The van der Waals surface area contributed by atoms with Gasteiger partial charge in [0.05, 0.1) is 0 Å².